The number of hydrogen-bond acceptors (Lipinski definition) is 5. The minimum Gasteiger partial charge on any atom is -0.452 e. The molecule has 0 unspecified atom stereocenters. The van der Waals surface area contributed by atoms with Crippen LogP contribution >= 0.6 is 0 Å². The summed E-state index contributed by atoms with van der Waals surface area (Å²) in [7, 11) is 0. The van der Waals surface area contributed by atoms with Gasteiger partial charge >= 0.3 is 5.97 Å². The molecule has 1 fully saturated rings. The lowest BCUT2D eigenvalue weighted by Gasteiger charge is -2.26. The number of hydrogen-bond donors (Lipinski definition) is 0. The predicted molar refractivity (Wildman–Crippen MR) is 86.0 cm³/mol. The van der Waals surface area contributed by atoms with Crippen LogP contribution in [0.15, 0.2) is 36.5 Å². The highest BCUT2D eigenvalue weighted by atomic mass is 16.5. The smallest absolute Gasteiger partial charge is 0.338 e. The average molecular weight is 329 g/mol. The van der Waals surface area contributed by atoms with Gasteiger partial charge in [-0.1, -0.05) is 0 Å². The summed E-state index contributed by atoms with van der Waals surface area (Å²) in [6, 6.07) is 8.82. The summed E-state index contributed by atoms with van der Waals surface area (Å²) in [5.74, 6) is -0.712. The zero-order valence-corrected chi connectivity index (χ0v) is 13.5. The highest BCUT2D eigenvalue weighted by molar-refractivity contribution is 5.91. The molecule has 0 radical (unpaired) electrons. The van der Waals surface area contributed by atoms with Crippen molar-refractivity contribution in [2.45, 2.75) is 6.92 Å². The number of ether oxygens (including phenoxy) is 2. The summed E-state index contributed by atoms with van der Waals surface area (Å²) in [5, 5.41) is 4.21. The molecule has 0 N–H and O–H groups in total. The Morgan fingerprint density at radius 1 is 1.17 bits per heavy atom. The van der Waals surface area contributed by atoms with Gasteiger partial charge in [0, 0.05) is 25.0 Å². The quantitative estimate of drug-likeness (QED) is 0.788. The van der Waals surface area contributed by atoms with Crippen molar-refractivity contribution in [1.82, 2.24) is 14.7 Å². The van der Waals surface area contributed by atoms with Crippen LogP contribution < -0.4 is 0 Å². The van der Waals surface area contributed by atoms with Crippen molar-refractivity contribution in [2.24, 2.45) is 0 Å². The molecule has 0 saturated carbocycles. The van der Waals surface area contributed by atoms with Crippen molar-refractivity contribution >= 4 is 11.9 Å². The van der Waals surface area contributed by atoms with E-state index in [-0.39, 0.29) is 12.5 Å². The average Bonchev–Trinajstić information content (AvgIpc) is 3.06. The maximum absolute atomic E-state index is 12.1. The fourth-order valence-electron chi connectivity index (χ4n) is 2.49. The van der Waals surface area contributed by atoms with Gasteiger partial charge in [-0.3, -0.25) is 4.79 Å². The van der Waals surface area contributed by atoms with Crippen LogP contribution in [0, 0.1) is 6.92 Å². The molecule has 1 aliphatic rings. The van der Waals surface area contributed by atoms with E-state index >= 15 is 0 Å². The fraction of sp³-hybridized carbons (Fsp3) is 0.353. The molecule has 0 bridgehead atoms. The number of carbonyl (C=O) groups excluding carboxylic acids is 2. The number of amides is 1. The van der Waals surface area contributed by atoms with Crippen LogP contribution in [-0.2, 0) is 14.3 Å². The van der Waals surface area contributed by atoms with Crippen molar-refractivity contribution in [1.29, 1.82) is 0 Å². The molecule has 24 heavy (non-hydrogen) atoms. The topological polar surface area (TPSA) is 73.7 Å². The molecular weight excluding hydrogens is 310 g/mol. The van der Waals surface area contributed by atoms with Gasteiger partial charge in [0.15, 0.2) is 6.61 Å². The zero-order valence-electron chi connectivity index (χ0n) is 13.5. The largest absolute Gasteiger partial charge is 0.452 e. The lowest BCUT2D eigenvalue weighted by Crippen LogP contribution is -2.42. The van der Waals surface area contributed by atoms with Crippen molar-refractivity contribution in [3.63, 3.8) is 0 Å². The lowest BCUT2D eigenvalue weighted by atomic mass is 10.2. The first-order chi connectivity index (χ1) is 11.6. The summed E-state index contributed by atoms with van der Waals surface area (Å²) in [6.07, 6.45) is 1.72. The molecule has 2 aromatic rings. The minimum atomic E-state index is -0.514. The van der Waals surface area contributed by atoms with E-state index in [1.54, 1.807) is 40.0 Å². The molecule has 0 atom stereocenters. The van der Waals surface area contributed by atoms with E-state index < -0.39 is 5.97 Å². The third kappa shape index (κ3) is 3.62. The third-order valence-corrected chi connectivity index (χ3v) is 3.87. The highest BCUT2D eigenvalue weighted by Gasteiger charge is 2.18. The first kappa shape index (κ1) is 16.2. The molecule has 1 aromatic carbocycles. The van der Waals surface area contributed by atoms with Gasteiger partial charge in [-0.15, -0.1) is 0 Å². The maximum atomic E-state index is 12.1. The van der Waals surface area contributed by atoms with Crippen LogP contribution in [0.4, 0.5) is 0 Å². The van der Waals surface area contributed by atoms with Gasteiger partial charge in [-0.05, 0) is 37.3 Å². The number of nitrogens with zero attached hydrogens (tertiary/aromatic N) is 3. The minimum absolute atomic E-state index is 0.199. The Hall–Kier alpha value is -2.67. The van der Waals surface area contributed by atoms with Crippen LogP contribution in [0.1, 0.15) is 16.1 Å². The lowest BCUT2D eigenvalue weighted by molar-refractivity contribution is -0.138. The van der Waals surface area contributed by atoms with E-state index in [1.165, 1.54) is 0 Å². The van der Waals surface area contributed by atoms with Gasteiger partial charge in [0.05, 0.1) is 24.5 Å². The Morgan fingerprint density at radius 3 is 2.50 bits per heavy atom. The van der Waals surface area contributed by atoms with Crippen molar-refractivity contribution in [2.75, 3.05) is 32.9 Å². The number of carbonyl (C=O) groups is 2. The molecule has 1 amide bonds. The standard InChI is InChI=1S/C17H19N3O4/c1-13-6-7-18-20(13)15-4-2-14(3-5-15)17(22)24-12-16(21)19-8-10-23-11-9-19/h2-7H,8-12H2,1H3. The monoisotopic (exact) mass is 329 g/mol. The molecule has 0 spiro atoms. The van der Waals surface area contributed by atoms with Crippen LogP contribution in [0.2, 0.25) is 0 Å². The molecule has 1 saturated heterocycles. The second kappa shape index (κ2) is 7.27. The number of aryl methyl sites for hydroxylation is 1. The van der Waals surface area contributed by atoms with Crippen molar-refractivity contribution < 1.29 is 19.1 Å². The molecule has 7 nitrogen and oxygen atoms in total. The predicted octanol–water partition coefficient (Wildman–Crippen LogP) is 1.20. The van der Waals surface area contributed by atoms with Crippen LogP contribution in [0.25, 0.3) is 5.69 Å². The Bertz CT molecular complexity index is 718. The van der Waals surface area contributed by atoms with Gasteiger partial charge in [-0.2, -0.15) is 5.10 Å². The van der Waals surface area contributed by atoms with E-state index in [0.717, 1.165) is 11.4 Å². The number of aromatic nitrogens is 2. The second-order valence-corrected chi connectivity index (χ2v) is 5.50. The molecule has 1 aromatic heterocycles. The summed E-state index contributed by atoms with van der Waals surface area (Å²) in [6.45, 7) is 3.82. The van der Waals surface area contributed by atoms with Crippen LogP contribution in [0.3, 0.4) is 0 Å². The second-order valence-electron chi connectivity index (χ2n) is 5.50. The van der Waals surface area contributed by atoms with Gasteiger partial charge in [0.1, 0.15) is 0 Å². The number of rotatable bonds is 4. The molecule has 3 rings (SSSR count). The van der Waals surface area contributed by atoms with E-state index in [9.17, 15) is 9.59 Å². The Balaban J connectivity index is 1.57. The SMILES string of the molecule is Cc1ccnn1-c1ccc(C(=O)OCC(=O)N2CCOCC2)cc1. The molecule has 0 aliphatic carbocycles. The first-order valence-corrected chi connectivity index (χ1v) is 7.79. The zero-order chi connectivity index (χ0) is 16.9. The van der Waals surface area contributed by atoms with Gasteiger partial charge in [0.2, 0.25) is 0 Å². The summed E-state index contributed by atoms with van der Waals surface area (Å²) >= 11 is 0. The van der Waals surface area contributed by atoms with E-state index in [4.69, 9.17) is 9.47 Å². The summed E-state index contributed by atoms with van der Waals surface area (Å²) in [5.41, 5.74) is 2.26. The van der Waals surface area contributed by atoms with Crippen LogP contribution in [0.5, 0.6) is 0 Å². The maximum Gasteiger partial charge on any atom is 0.338 e. The number of morpholine rings is 1. The number of benzene rings is 1. The molecule has 2 heterocycles. The molecule has 126 valence electrons. The Kier molecular flexibility index (Phi) is 4.90. The first-order valence-electron chi connectivity index (χ1n) is 7.79. The van der Waals surface area contributed by atoms with E-state index in [0.29, 0.717) is 31.9 Å². The van der Waals surface area contributed by atoms with E-state index in [1.807, 2.05) is 13.0 Å². The summed E-state index contributed by atoms with van der Waals surface area (Å²) < 4.78 is 12.1. The van der Waals surface area contributed by atoms with Crippen molar-refractivity contribution in [3.8, 4) is 5.69 Å². The Labute approximate surface area is 139 Å². The van der Waals surface area contributed by atoms with Crippen LogP contribution in [-0.4, -0.2) is 59.5 Å². The highest BCUT2D eigenvalue weighted by Crippen LogP contribution is 2.12. The molecule has 7 heteroatoms. The molecular formula is C17H19N3O4. The Morgan fingerprint density at radius 2 is 1.88 bits per heavy atom. The normalized spacial score (nSPS) is 14.5. The van der Waals surface area contributed by atoms with E-state index in [2.05, 4.69) is 5.10 Å². The van der Waals surface area contributed by atoms with Gasteiger partial charge in [0.25, 0.3) is 5.91 Å². The van der Waals surface area contributed by atoms with Crippen molar-refractivity contribution in [3.05, 3.63) is 47.8 Å². The molecule has 1 aliphatic heterocycles. The van der Waals surface area contributed by atoms with Gasteiger partial charge < -0.3 is 14.4 Å². The fourth-order valence-corrected chi connectivity index (χ4v) is 2.49. The third-order valence-electron chi connectivity index (χ3n) is 3.87. The van der Waals surface area contributed by atoms with Gasteiger partial charge in [-0.25, -0.2) is 9.48 Å². The summed E-state index contributed by atoms with van der Waals surface area (Å²) in [4.78, 5) is 25.7. The number of esters is 1.